The maximum Gasteiger partial charge on any atom is 0.0465 e. The van der Waals surface area contributed by atoms with Crippen LogP contribution >= 0.6 is 25.3 Å². The molecule has 0 spiro atoms. The first-order chi connectivity index (χ1) is 7.24. The maximum absolute atomic E-state index is 4.35. The molecule has 1 heterocycles. The summed E-state index contributed by atoms with van der Waals surface area (Å²) in [6, 6.07) is 12.2. The standard InChI is InChI=1S/C12H9NS2/c14-7-1-3-11-9(5-7)10-6-8(15)2-4-12(10)13-11/h1-6,13-15H. The molecule has 1 nitrogen and oxygen atoms in total. The molecule has 1 aromatic heterocycles. The van der Waals surface area contributed by atoms with Gasteiger partial charge in [-0.15, -0.1) is 25.3 Å². The van der Waals surface area contributed by atoms with Gasteiger partial charge in [0.25, 0.3) is 0 Å². The second-order valence-electron chi connectivity index (χ2n) is 3.58. The Balaban J connectivity index is 2.55. The molecule has 0 aliphatic carbocycles. The molecule has 0 aliphatic rings. The molecule has 0 bridgehead atoms. The van der Waals surface area contributed by atoms with Gasteiger partial charge >= 0.3 is 0 Å². The van der Waals surface area contributed by atoms with Crippen molar-refractivity contribution in [3.05, 3.63) is 36.4 Å². The zero-order chi connectivity index (χ0) is 10.4. The van der Waals surface area contributed by atoms with Gasteiger partial charge in [0.05, 0.1) is 0 Å². The van der Waals surface area contributed by atoms with Gasteiger partial charge in [-0.3, -0.25) is 0 Å². The van der Waals surface area contributed by atoms with E-state index in [0.29, 0.717) is 0 Å². The molecule has 0 amide bonds. The van der Waals surface area contributed by atoms with Crippen molar-refractivity contribution >= 4 is 47.1 Å². The van der Waals surface area contributed by atoms with Crippen LogP contribution in [0.1, 0.15) is 0 Å². The highest BCUT2D eigenvalue weighted by molar-refractivity contribution is 7.80. The van der Waals surface area contributed by atoms with E-state index in [1.54, 1.807) is 0 Å². The van der Waals surface area contributed by atoms with Crippen LogP contribution in [0.4, 0.5) is 0 Å². The van der Waals surface area contributed by atoms with Crippen molar-refractivity contribution in [1.82, 2.24) is 4.98 Å². The van der Waals surface area contributed by atoms with Crippen LogP contribution in [0, 0.1) is 0 Å². The largest absolute Gasteiger partial charge is 0.355 e. The van der Waals surface area contributed by atoms with Crippen molar-refractivity contribution in [2.75, 3.05) is 0 Å². The Kier molecular flexibility index (Phi) is 1.97. The average Bonchev–Trinajstić information content (AvgIpc) is 2.56. The number of rotatable bonds is 0. The topological polar surface area (TPSA) is 15.8 Å². The minimum atomic E-state index is 0.980. The predicted molar refractivity (Wildman–Crippen MR) is 70.3 cm³/mol. The van der Waals surface area contributed by atoms with Gasteiger partial charge in [-0.2, -0.15) is 0 Å². The van der Waals surface area contributed by atoms with Crippen molar-refractivity contribution in [3.63, 3.8) is 0 Å². The normalized spacial score (nSPS) is 11.3. The number of fused-ring (bicyclic) bond motifs is 3. The second kappa shape index (κ2) is 3.22. The molecule has 1 N–H and O–H groups in total. The first-order valence-corrected chi connectivity index (χ1v) is 5.57. The monoisotopic (exact) mass is 231 g/mol. The highest BCUT2D eigenvalue weighted by Gasteiger charge is 2.04. The number of H-pyrrole nitrogens is 1. The molecule has 0 aliphatic heterocycles. The van der Waals surface area contributed by atoms with Gasteiger partial charge in [-0.1, -0.05) is 0 Å². The van der Waals surface area contributed by atoms with Crippen LogP contribution in [0.15, 0.2) is 46.2 Å². The molecule has 0 saturated carbocycles. The van der Waals surface area contributed by atoms with Crippen molar-refractivity contribution < 1.29 is 0 Å². The summed E-state index contributed by atoms with van der Waals surface area (Å²) in [6.07, 6.45) is 0. The molecule has 3 aromatic rings. The summed E-state index contributed by atoms with van der Waals surface area (Å²) in [5.74, 6) is 0. The van der Waals surface area contributed by atoms with Crippen molar-refractivity contribution in [2.45, 2.75) is 9.79 Å². The second-order valence-corrected chi connectivity index (χ2v) is 4.62. The van der Waals surface area contributed by atoms with E-state index in [9.17, 15) is 0 Å². The molecule has 0 unspecified atom stereocenters. The molecule has 3 rings (SSSR count). The smallest absolute Gasteiger partial charge is 0.0465 e. The maximum atomic E-state index is 4.35. The molecular formula is C12H9NS2. The minimum Gasteiger partial charge on any atom is -0.355 e. The first-order valence-electron chi connectivity index (χ1n) is 4.67. The Hall–Kier alpha value is -1.06. The van der Waals surface area contributed by atoms with Gasteiger partial charge in [0.15, 0.2) is 0 Å². The lowest BCUT2D eigenvalue weighted by Gasteiger charge is -1.94. The molecule has 15 heavy (non-hydrogen) atoms. The Morgan fingerprint density at radius 3 is 1.67 bits per heavy atom. The molecule has 0 radical (unpaired) electrons. The van der Waals surface area contributed by atoms with Gasteiger partial charge in [-0.25, -0.2) is 0 Å². The van der Waals surface area contributed by atoms with Gasteiger partial charge < -0.3 is 4.98 Å². The lowest BCUT2D eigenvalue weighted by atomic mass is 10.1. The number of nitrogens with one attached hydrogen (secondary N) is 1. The van der Waals surface area contributed by atoms with Crippen LogP contribution in [-0.2, 0) is 0 Å². The van der Waals surface area contributed by atoms with Gasteiger partial charge in [0, 0.05) is 31.6 Å². The fourth-order valence-electron chi connectivity index (χ4n) is 1.87. The summed E-state index contributed by atoms with van der Waals surface area (Å²) >= 11 is 8.71. The SMILES string of the molecule is Sc1ccc2[nH]c3ccc(S)cc3c2c1. The molecule has 0 fully saturated rings. The van der Waals surface area contributed by atoms with E-state index >= 15 is 0 Å². The summed E-state index contributed by atoms with van der Waals surface area (Å²) in [4.78, 5) is 5.32. The lowest BCUT2D eigenvalue weighted by molar-refractivity contribution is 1.48. The van der Waals surface area contributed by atoms with Crippen LogP contribution in [0.5, 0.6) is 0 Å². The Labute approximate surface area is 98.3 Å². The van der Waals surface area contributed by atoms with Crippen LogP contribution in [0.2, 0.25) is 0 Å². The van der Waals surface area contributed by atoms with Crippen molar-refractivity contribution in [1.29, 1.82) is 0 Å². The zero-order valence-electron chi connectivity index (χ0n) is 7.86. The summed E-state index contributed by atoms with van der Waals surface area (Å²) in [5.41, 5.74) is 2.28. The number of aromatic amines is 1. The Morgan fingerprint density at radius 2 is 1.20 bits per heavy atom. The van der Waals surface area contributed by atoms with E-state index in [2.05, 4.69) is 54.5 Å². The number of hydrogen-bond acceptors (Lipinski definition) is 2. The summed E-state index contributed by atoms with van der Waals surface area (Å²) < 4.78 is 0. The van der Waals surface area contributed by atoms with Crippen LogP contribution in [0.25, 0.3) is 21.8 Å². The molecular weight excluding hydrogens is 222 g/mol. The number of hydrogen-bond donors (Lipinski definition) is 3. The fourth-order valence-corrected chi connectivity index (χ4v) is 2.28. The third-order valence-corrected chi connectivity index (χ3v) is 3.12. The van der Waals surface area contributed by atoms with E-state index in [1.807, 2.05) is 12.1 Å². The van der Waals surface area contributed by atoms with Gasteiger partial charge in [0.2, 0.25) is 0 Å². The van der Waals surface area contributed by atoms with Gasteiger partial charge in [-0.05, 0) is 36.4 Å². The van der Waals surface area contributed by atoms with Gasteiger partial charge in [0.1, 0.15) is 0 Å². The number of aromatic nitrogens is 1. The number of thiol groups is 2. The quantitative estimate of drug-likeness (QED) is 0.487. The van der Waals surface area contributed by atoms with Crippen LogP contribution < -0.4 is 0 Å². The lowest BCUT2D eigenvalue weighted by Crippen LogP contribution is -1.68. The van der Waals surface area contributed by atoms with E-state index in [0.717, 1.165) is 20.8 Å². The highest BCUT2D eigenvalue weighted by Crippen LogP contribution is 2.28. The van der Waals surface area contributed by atoms with E-state index in [4.69, 9.17) is 0 Å². The first kappa shape index (κ1) is 9.19. The van der Waals surface area contributed by atoms with E-state index in [-0.39, 0.29) is 0 Å². The number of benzene rings is 2. The third-order valence-electron chi connectivity index (χ3n) is 2.57. The zero-order valence-corrected chi connectivity index (χ0v) is 9.65. The van der Waals surface area contributed by atoms with Crippen molar-refractivity contribution in [3.8, 4) is 0 Å². The van der Waals surface area contributed by atoms with E-state index in [1.165, 1.54) is 10.8 Å². The highest BCUT2D eigenvalue weighted by atomic mass is 32.1. The summed E-state index contributed by atoms with van der Waals surface area (Å²) in [5, 5.41) is 2.40. The summed E-state index contributed by atoms with van der Waals surface area (Å²) in [7, 11) is 0. The fraction of sp³-hybridized carbons (Fsp3) is 0. The Bertz CT molecular complexity index is 599. The average molecular weight is 231 g/mol. The molecule has 0 saturated heterocycles. The third kappa shape index (κ3) is 1.43. The van der Waals surface area contributed by atoms with Crippen LogP contribution in [-0.4, -0.2) is 4.98 Å². The Morgan fingerprint density at radius 1 is 0.733 bits per heavy atom. The van der Waals surface area contributed by atoms with Crippen molar-refractivity contribution in [2.24, 2.45) is 0 Å². The minimum absolute atomic E-state index is 0.980. The molecule has 0 atom stereocenters. The molecule has 2 aromatic carbocycles. The summed E-state index contributed by atoms with van der Waals surface area (Å²) in [6.45, 7) is 0. The predicted octanol–water partition coefficient (Wildman–Crippen LogP) is 3.90. The van der Waals surface area contributed by atoms with E-state index < -0.39 is 0 Å². The van der Waals surface area contributed by atoms with Crippen LogP contribution in [0.3, 0.4) is 0 Å². The molecule has 74 valence electrons. The molecule has 3 heteroatoms.